The highest BCUT2D eigenvalue weighted by Gasteiger charge is 2.54. The number of hydrogen-bond donors (Lipinski definition) is 0. The quantitative estimate of drug-likeness (QED) is 0.549. The van der Waals surface area contributed by atoms with Crippen LogP contribution >= 0.6 is 45.2 Å². The topological polar surface area (TPSA) is 26.3 Å². The predicted octanol–water partition coefficient (Wildman–Crippen LogP) is 3.43. The second-order valence-electron chi connectivity index (χ2n) is 5.46. The molecule has 2 nitrogen and oxygen atoms in total. The van der Waals surface area contributed by atoms with Gasteiger partial charge in [0.15, 0.2) is 5.78 Å². The van der Waals surface area contributed by atoms with Crippen molar-refractivity contribution in [2.75, 3.05) is 0 Å². The lowest BCUT2D eigenvalue weighted by molar-refractivity contribution is 0.0743. The van der Waals surface area contributed by atoms with Crippen LogP contribution in [-0.2, 0) is 11.2 Å². The van der Waals surface area contributed by atoms with Gasteiger partial charge in [0.05, 0.1) is 18.1 Å². The van der Waals surface area contributed by atoms with Crippen LogP contribution in [0.15, 0.2) is 12.1 Å². The molecule has 4 atom stereocenters. The SMILES string of the molecule is O=C1c2cc(I)cc(I)c2CC2C3CCC(O3)C12. The summed E-state index contributed by atoms with van der Waals surface area (Å²) in [5.41, 5.74) is 2.22. The van der Waals surface area contributed by atoms with E-state index in [1.54, 1.807) is 0 Å². The molecule has 18 heavy (non-hydrogen) atoms. The summed E-state index contributed by atoms with van der Waals surface area (Å²) in [5, 5.41) is 0. The molecule has 2 heterocycles. The Bertz CT molecular complexity index is 555. The van der Waals surface area contributed by atoms with Crippen molar-refractivity contribution in [3.63, 3.8) is 0 Å². The number of rotatable bonds is 0. The molecule has 3 aliphatic rings. The van der Waals surface area contributed by atoms with E-state index in [0.717, 1.165) is 28.4 Å². The molecule has 1 aliphatic carbocycles. The molecular formula is C14H12I2O2. The fraction of sp³-hybridized carbons (Fsp3) is 0.500. The van der Waals surface area contributed by atoms with Gasteiger partial charge in [0.1, 0.15) is 0 Å². The summed E-state index contributed by atoms with van der Waals surface area (Å²) in [4.78, 5) is 12.7. The van der Waals surface area contributed by atoms with Crippen LogP contribution in [0.5, 0.6) is 0 Å². The zero-order valence-electron chi connectivity index (χ0n) is 9.66. The Kier molecular flexibility index (Phi) is 2.79. The molecule has 4 unspecified atom stereocenters. The third-order valence-electron chi connectivity index (χ3n) is 4.59. The smallest absolute Gasteiger partial charge is 0.169 e. The highest BCUT2D eigenvalue weighted by Crippen LogP contribution is 2.49. The van der Waals surface area contributed by atoms with E-state index in [2.05, 4.69) is 57.3 Å². The second-order valence-corrected chi connectivity index (χ2v) is 7.87. The molecule has 2 fully saturated rings. The van der Waals surface area contributed by atoms with Crippen LogP contribution in [0.2, 0.25) is 0 Å². The van der Waals surface area contributed by atoms with Crippen molar-refractivity contribution in [1.29, 1.82) is 0 Å². The monoisotopic (exact) mass is 466 g/mol. The minimum atomic E-state index is 0.144. The first-order valence-electron chi connectivity index (χ1n) is 6.33. The van der Waals surface area contributed by atoms with Crippen LogP contribution in [0.1, 0.15) is 28.8 Å². The molecule has 0 radical (unpaired) electrons. The van der Waals surface area contributed by atoms with Crippen molar-refractivity contribution >= 4 is 51.0 Å². The average Bonchev–Trinajstić information content (AvgIpc) is 2.91. The maximum absolute atomic E-state index is 12.7. The fourth-order valence-corrected chi connectivity index (χ4v) is 5.91. The van der Waals surface area contributed by atoms with Gasteiger partial charge in [-0.15, -0.1) is 0 Å². The van der Waals surface area contributed by atoms with Crippen LogP contribution in [0.3, 0.4) is 0 Å². The summed E-state index contributed by atoms with van der Waals surface area (Å²) in [5.74, 6) is 0.924. The number of hydrogen-bond acceptors (Lipinski definition) is 2. The normalized spacial score (nSPS) is 36.7. The van der Waals surface area contributed by atoms with Gasteiger partial charge in [0.25, 0.3) is 0 Å². The lowest BCUT2D eigenvalue weighted by Gasteiger charge is -2.33. The van der Waals surface area contributed by atoms with Gasteiger partial charge in [0.2, 0.25) is 0 Å². The van der Waals surface area contributed by atoms with Crippen molar-refractivity contribution in [2.45, 2.75) is 31.5 Å². The Balaban J connectivity index is 1.86. The average molecular weight is 466 g/mol. The van der Waals surface area contributed by atoms with Gasteiger partial charge in [-0.3, -0.25) is 4.79 Å². The molecule has 0 amide bonds. The first-order chi connectivity index (χ1) is 8.65. The largest absolute Gasteiger partial charge is 0.374 e. The van der Waals surface area contributed by atoms with Crippen LogP contribution < -0.4 is 0 Å². The first-order valence-corrected chi connectivity index (χ1v) is 8.48. The number of carbonyl (C=O) groups is 1. The van der Waals surface area contributed by atoms with Gasteiger partial charge < -0.3 is 4.74 Å². The summed E-state index contributed by atoms with van der Waals surface area (Å²) in [6.07, 6.45) is 3.80. The number of Topliss-reactive ketones (excluding diaryl/α,β-unsaturated/α-hetero) is 1. The molecule has 2 bridgehead atoms. The standard InChI is InChI=1S/C14H12I2O2/c15-6-3-8-7(10(16)4-6)5-9-11-1-2-12(18-11)13(9)14(8)17/h3-4,9,11-13H,1-2,5H2. The van der Waals surface area contributed by atoms with E-state index in [4.69, 9.17) is 4.74 Å². The van der Waals surface area contributed by atoms with E-state index in [0.29, 0.717) is 17.8 Å². The van der Waals surface area contributed by atoms with Crippen molar-refractivity contribution in [2.24, 2.45) is 11.8 Å². The number of fused-ring (bicyclic) bond motifs is 6. The minimum absolute atomic E-state index is 0.144. The highest BCUT2D eigenvalue weighted by atomic mass is 127. The highest BCUT2D eigenvalue weighted by molar-refractivity contribution is 14.1. The van der Waals surface area contributed by atoms with E-state index < -0.39 is 0 Å². The molecule has 2 aliphatic heterocycles. The van der Waals surface area contributed by atoms with Crippen LogP contribution in [0, 0.1) is 19.0 Å². The molecule has 1 aromatic rings. The van der Waals surface area contributed by atoms with E-state index >= 15 is 0 Å². The van der Waals surface area contributed by atoms with Gasteiger partial charge in [-0.05, 0) is 82.1 Å². The Labute approximate surface area is 133 Å². The first kappa shape index (κ1) is 12.1. The molecular weight excluding hydrogens is 454 g/mol. The van der Waals surface area contributed by atoms with E-state index in [-0.39, 0.29) is 12.0 Å². The van der Waals surface area contributed by atoms with E-state index in [1.165, 1.54) is 9.13 Å². The van der Waals surface area contributed by atoms with Gasteiger partial charge >= 0.3 is 0 Å². The Hall–Kier alpha value is 0.310. The summed E-state index contributed by atoms with van der Waals surface area (Å²) in [6.45, 7) is 0. The number of halogens is 2. The second kappa shape index (κ2) is 4.15. The number of carbonyl (C=O) groups excluding carboxylic acids is 1. The Morgan fingerprint density at radius 3 is 2.78 bits per heavy atom. The number of benzene rings is 1. The van der Waals surface area contributed by atoms with Crippen molar-refractivity contribution in [1.82, 2.24) is 0 Å². The Morgan fingerprint density at radius 2 is 1.94 bits per heavy atom. The van der Waals surface area contributed by atoms with Crippen molar-refractivity contribution < 1.29 is 9.53 Å². The van der Waals surface area contributed by atoms with E-state index in [9.17, 15) is 4.79 Å². The molecule has 4 heteroatoms. The number of ketones is 1. The molecule has 0 spiro atoms. The number of ether oxygens (including phenoxy) is 1. The molecule has 0 aromatic heterocycles. The summed E-state index contributed by atoms with van der Waals surface area (Å²) >= 11 is 4.66. The molecule has 0 N–H and O–H groups in total. The third kappa shape index (κ3) is 1.57. The predicted molar refractivity (Wildman–Crippen MR) is 84.8 cm³/mol. The summed E-state index contributed by atoms with van der Waals surface area (Å²) < 4.78 is 8.36. The third-order valence-corrected chi connectivity index (χ3v) is 6.18. The molecule has 1 aromatic carbocycles. The molecule has 4 rings (SSSR count). The van der Waals surface area contributed by atoms with Crippen molar-refractivity contribution in [3.05, 3.63) is 30.4 Å². The Morgan fingerprint density at radius 1 is 1.17 bits per heavy atom. The van der Waals surface area contributed by atoms with Gasteiger partial charge in [-0.2, -0.15) is 0 Å². The molecule has 2 saturated heterocycles. The maximum atomic E-state index is 12.7. The fourth-order valence-electron chi connectivity index (χ4n) is 3.84. The summed E-state index contributed by atoms with van der Waals surface area (Å²) in [6, 6.07) is 4.23. The summed E-state index contributed by atoms with van der Waals surface area (Å²) in [7, 11) is 0. The van der Waals surface area contributed by atoms with E-state index in [1.807, 2.05) is 0 Å². The zero-order valence-corrected chi connectivity index (χ0v) is 14.0. The van der Waals surface area contributed by atoms with Crippen LogP contribution in [0.4, 0.5) is 0 Å². The molecule has 0 saturated carbocycles. The maximum Gasteiger partial charge on any atom is 0.169 e. The lowest BCUT2D eigenvalue weighted by atomic mass is 9.68. The van der Waals surface area contributed by atoms with Crippen molar-refractivity contribution in [3.8, 4) is 0 Å². The molecule has 94 valence electrons. The van der Waals surface area contributed by atoms with Gasteiger partial charge in [0, 0.05) is 18.6 Å². The van der Waals surface area contributed by atoms with Crippen LogP contribution in [-0.4, -0.2) is 18.0 Å². The van der Waals surface area contributed by atoms with Gasteiger partial charge in [-0.1, -0.05) is 0 Å². The zero-order chi connectivity index (χ0) is 12.4. The van der Waals surface area contributed by atoms with Gasteiger partial charge in [-0.25, -0.2) is 0 Å². The van der Waals surface area contributed by atoms with Crippen LogP contribution in [0.25, 0.3) is 0 Å². The minimum Gasteiger partial charge on any atom is -0.374 e. The lowest BCUT2D eigenvalue weighted by Crippen LogP contribution is -2.39.